The van der Waals surface area contributed by atoms with Crippen molar-refractivity contribution in [1.82, 2.24) is 20.4 Å². The zero-order valence-corrected chi connectivity index (χ0v) is 18.9. The van der Waals surface area contributed by atoms with Crippen molar-refractivity contribution in [1.29, 1.82) is 0 Å². The molecule has 0 spiro atoms. The fraction of sp³-hybridized carbons (Fsp3) is 0.478. The summed E-state index contributed by atoms with van der Waals surface area (Å²) in [6.45, 7) is 8.82. The number of anilines is 1. The van der Waals surface area contributed by atoms with Gasteiger partial charge in [-0.15, -0.1) is 0 Å². The summed E-state index contributed by atoms with van der Waals surface area (Å²) in [4.78, 5) is 24.0. The zero-order chi connectivity index (χ0) is 22.0. The third-order valence-electron chi connectivity index (χ3n) is 5.68. The molecule has 0 bridgehead atoms. The Bertz CT molecular complexity index is 1060. The second-order valence-electron chi connectivity index (χ2n) is 8.67. The second-order valence-corrected chi connectivity index (χ2v) is 9.10. The van der Waals surface area contributed by atoms with Crippen molar-refractivity contribution in [2.45, 2.75) is 46.6 Å². The maximum atomic E-state index is 12.4. The molecule has 4 rings (SSSR count). The molecule has 0 saturated carbocycles. The number of rotatable bonds is 6. The average Bonchev–Trinajstić information content (AvgIpc) is 3.11. The minimum absolute atomic E-state index is 0.0471. The first kappa shape index (κ1) is 21.6. The third kappa shape index (κ3) is 5.15. The van der Waals surface area contributed by atoms with Gasteiger partial charge in [-0.25, -0.2) is 4.98 Å². The van der Waals surface area contributed by atoms with Crippen molar-refractivity contribution in [3.8, 4) is 0 Å². The number of nitrogens with one attached hydrogen (secondary N) is 1. The zero-order valence-electron chi connectivity index (χ0n) is 18.2. The Balaban J connectivity index is 1.46. The fourth-order valence-electron chi connectivity index (χ4n) is 4.30. The standard InChI is InChI=1S/C23H28ClN5O2/c1-14-10-15(2)13-29(12-14)22-21-16(3)28-31-23(21)27-19(26-22)8-9-20(30)25-11-17-4-6-18(24)7-5-17/h4-7,14-15H,8-13H2,1-3H3,(H,25,30). The summed E-state index contributed by atoms with van der Waals surface area (Å²) in [6, 6.07) is 7.43. The summed E-state index contributed by atoms with van der Waals surface area (Å²) in [7, 11) is 0. The number of aryl methyl sites for hydroxylation is 2. The lowest BCUT2D eigenvalue weighted by Gasteiger charge is -2.36. The van der Waals surface area contributed by atoms with E-state index in [1.807, 2.05) is 31.2 Å². The topological polar surface area (TPSA) is 84.1 Å². The molecular weight excluding hydrogens is 414 g/mol. The van der Waals surface area contributed by atoms with Crippen LogP contribution in [0.2, 0.25) is 5.02 Å². The predicted octanol–water partition coefficient (Wildman–Crippen LogP) is 4.31. The van der Waals surface area contributed by atoms with E-state index in [0.717, 1.165) is 35.6 Å². The molecule has 3 aromatic rings. The number of benzene rings is 1. The first-order valence-corrected chi connectivity index (χ1v) is 11.2. The van der Waals surface area contributed by atoms with Gasteiger partial charge in [0, 0.05) is 37.5 Å². The molecule has 2 aromatic heterocycles. The molecule has 0 radical (unpaired) electrons. The van der Waals surface area contributed by atoms with Gasteiger partial charge < -0.3 is 14.7 Å². The smallest absolute Gasteiger partial charge is 0.263 e. The quantitative estimate of drug-likeness (QED) is 0.613. The van der Waals surface area contributed by atoms with Crippen LogP contribution in [0.4, 0.5) is 5.82 Å². The van der Waals surface area contributed by atoms with Gasteiger partial charge in [-0.2, -0.15) is 4.98 Å². The Labute approximate surface area is 187 Å². The summed E-state index contributed by atoms with van der Waals surface area (Å²) < 4.78 is 5.46. The van der Waals surface area contributed by atoms with Crippen molar-refractivity contribution in [2.24, 2.45) is 11.8 Å². The highest BCUT2D eigenvalue weighted by molar-refractivity contribution is 6.30. The number of hydrogen-bond acceptors (Lipinski definition) is 6. The molecular formula is C23H28ClN5O2. The van der Waals surface area contributed by atoms with E-state index in [0.29, 0.717) is 47.8 Å². The van der Waals surface area contributed by atoms with E-state index in [9.17, 15) is 4.79 Å². The highest BCUT2D eigenvalue weighted by atomic mass is 35.5. The van der Waals surface area contributed by atoms with E-state index in [1.165, 1.54) is 6.42 Å². The van der Waals surface area contributed by atoms with E-state index in [2.05, 4.69) is 34.2 Å². The van der Waals surface area contributed by atoms with Crippen LogP contribution in [-0.2, 0) is 17.8 Å². The molecule has 3 heterocycles. The van der Waals surface area contributed by atoms with Gasteiger partial charge in [0.05, 0.1) is 5.69 Å². The van der Waals surface area contributed by atoms with E-state index >= 15 is 0 Å². The van der Waals surface area contributed by atoms with Crippen molar-refractivity contribution < 1.29 is 9.32 Å². The minimum atomic E-state index is -0.0471. The lowest BCUT2D eigenvalue weighted by molar-refractivity contribution is -0.121. The van der Waals surface area contributed by atoms with E-state index in [4.69, 9.17) is 21.1 Å². The molecule has 31 heavy (non-hydrogen) atoms. The molecule has 1 aliphatic heterocycles. The number of aromatic nitrogens is 3. The van der Waals surface area contributed by atoms with E-state index in [-0.39, 0.29) is 5.91 Å². The van der Waals surface area contributed by atoms with Gasteiger partial charge in [0.1, 0.15) is 17.0 Å². The maximum Gasteiger partial charge on any atom is 0.263 e. The summed E-state index contributed by atoms with van der Waals surface area (Å²) in [5.74, 6) is 2.62. The van der Waals surface area contributed by atoms with Crippen molar-refractivity contribution in [3.63, 3.8) is 0 Å². The van der Waals surface area contributed by atoms with Crippen LogP contribution in [0.15, 0.2) is 28.8 Å². The normalized spacial score (nSPS) is 19.0. The largest absolute Gasteiger partial charge is 0.355 e. The Morgan fingerprint density at radius 3 is 2.61 bits per heavy atom. The molecule has 1 amide bonds. The lowest BCUT2D eigenvalue weighted by Crippen LogP contribution is -2.39. The van der Waals surface area contributed by atoms with Crippen LogP contribution in [0.5, 0.6) is 0 Å². The minimum Gasteiger partial charge on any atom is -0.355 e. The number of hydrogen-bond donors (Lipinski definition) is 1. The molecule has 2 atom stereocenters. The van der Waals surface area contributed by atoms with Gasteiger partial charge in [0.25, 0.3) is 5.71 Å². The SMILES string of the molecule is Cc1noc2nc(CCC(=O)NCc3ccc(Cl)cc3)nc(N3CC(C)CC(C)C3)c12. The van der Waals surface area contributed by atoms with Crippen LogP contribution in [0.3, 0.4) is 0 Å². The molecule has 1 N–H and O–H groups in total. The maximum absolute atomic E-state index is 12.4. The van der Waals surface area contributed by atoms with E-state index < -0.39 is 0 Å². The molecule has 0 aliphatic carbocycles. The summed E-state index contributed by atoms with van der Waals surface area (Å²) in [5, 5.41) is 8.59. The highest BCUT2D eigenvalue weighted by Gasteiger charge is 2.27. The lowest BCUT2D eigenvalue weighted by atomic mass is 9.92. The molecule has 1 fully saturated rings. The molecule has 8 heteroatoms. The van der Waals surface area contributed by atoms with Gasteiger partial charge >= 0.3 is 0 Å². The first-order chi connectivity index (χ1) is 14.9. The van der Waals surface area contributed by atoms with Crippen LogP contribution in [0.25, 0.3) is 11.1 Å². The highest BCUT2D eigenvalue weighted by Crippen LogP contribution is 2.31. The van der Waals surface area contributed by atoms with E-state index in [1.54, 1.807) is 0 Å². The number of amides is 1. The van der Waals surface area contributed by atoms with Crippen molar-refractivity contribution in [2.75, 3.05) is 18.0 Å². The molecule has 7 nitrogen and oxygen atoms in total. The van der Waals surface area contributed by atoms with Crippen molar-refractivity contribution >= 4 is 34.4 Å². The Kier molecular flexibility index (Phi) is 6.41. The first-order valence-electron chi connectivity index (χ1n) is 10.8. The van der Waals surface area contributed by atoms with Gasteiger partial charge in [-0.1, -0.05) is 42.7 Å². The van der Waals surface area contributed by atoms with Gasteiger partial charge in [0.2, 0.25) is 5.91 Å². The van der Waals surface area contributed by atoms with Gasteiger partial charge in [-0.05, 0) is 42.9 Å². The predicted molar refractivity (Wildman–Crippen MR) is 121 cm³/mol. The third-order valence-corrected chi connectivity index (χ3v) is 5.93. The van der Waals surface area contributed by atoms with Gasteiger partial charge in [-0.3, -0.25) is 4.79 Å². The number of nitrogens with zero attached hydrogens (tertiary/aromatic N) is 4. The fourth-order valence-corrected chi connectivity index (χ4v) is 4.43. The summed E-state index contributed by atoms with van der Waals surface area (Å²) >= 11 is 5.90. The Hall–Kier alpha value is -2.67. The number of carbonyl (C=O) groups is 1. The number of halogens is 1. The van der Waals surface area contributed by atoms with Crippen LogP contribution < -0.4 is 10.2 Å². The number of piperidine rings is 1. The van der Waals surface area contributed by atoms with Crippen LogP contribution in [0.1, 0.15) is 43.8 Å². The molecule has 1 saturated heterocycles. The molecule has 164 valence electrons. The van der Waals surface area contributed by atoms with Crippen LogP contribution in [0, 0.1) is 18.8 Å². The van der Waals surface area contributed by atoms with Crippen molar-refractivity contribution in [3.05, 3.63) is 46.4 Å². The number of fused-ring (bicyclic) bond motifs is 1. The van der Waals surface area contributed by atoms with Crippen LogP contribution >= 0.6 is 11.6 Å². The summed E-state index contributed by atoms with van der Waals surface area (Å²) in [6.07, 6.45) is 1.96. The van der Waals surface area contributed by atoms with Crippen LogP contribution in [-0.4, -0.2) is 34.1 Å². The van der Waals surface area contributed by atoms with Gasteiger partial charge in [0.15, 0.2) is 0 Å². The second kappa shape index (κ2) is 9.22. The number of carbonyl (C=O) groups excluding carboxylic acids is 1. The monoisotopic (exact) mass is 441 g/mol. The summed E-state index contributed by atoms with van der Waals surface area (Å²) in [5.41, 5.74) is 2.29. The Morgan fingerprint density at radius 1 is 1.19 bits per heavy atom. The molecule has 2 unspecified atom stereocenters. The Morgan fingerprint density at radius 2 is 1.90 bits per heavy atom. The molecule has 1 aromatic carbocycles. The average molecular weight is 442 g/mol. The molecule has 1 aliphatic rings.